The second-order valence-electron chi connectivity index (χ2n) is 6.84. The SMILES string of the molecule is CC(C)(C)OC(=O)NC1CC(COc2ccc(C=O)cc2O)C1. The first kappa shape index (κ1) is 17.1. The molecule has 1 aromatic rings. The first-order valence-electron chi connectivity index (χ1n) is 7.67. The van der Waals surface area contributed by atoms with Crippen LogP contribution in [-0.2, 0) is 4.74 Å². The number of hydrogen-bond donors (Lipinski definition) is 2. The van der Waals surface area contributed by atoms with Crippen molar-refractivity contribution in [3.05, 3.63) is 23.8 Å². The summed E-state index contributed by atoms with van der Waals surface area (Å²) >= 11 is 0. The zero-order valence-electron chi connectivity index (χ0n) is 13.7. The third-order valence-electron chi connectivity index (χ3n) is 3.55. The Labute approximate surface area is 135 Å². The molecule has 0 unspecified atom stereocenters. The van der Waals surface area contributed by atoms with E-state index in [1.54, 1.807) is 12.1 Å². The molecule has 0 aliphatic heterocycles. The number of rotatable bonds is 5. The van der Waals surface area contributed by atoms with Crippen molar-refractivity contribution in [1.82, 2.24) is 5.32 Å². The summed E-state index contributed by atoms with van der Waals surface area (Å²) in [5, 5.41) is 12.6. The van der Waals surface area contributed by atoms with Crippen LogP contribution in [0.4, 0.5) is 4.79 Å². The fraction of sp³-hybridized carbons (Fsp3) is 0.529. The van der Waals surface area contributed by atoms with E-state index in [0.29, 0.717) is 30.1 Å². The van der Waals surface area contributed by atoms with Gasteiger partial charge in [0.2, 0.25) is 0 Å². The van der Waals surface area contributed by atoms with Crippen molar-refractivity contribution in [3.63, 3.8) is 0 Å². The van der Waals surface area contributed by atoms with E-state index in [1.807, 2.05) is 20.8 Å². The summed E-state index contributed by atoms with van der Waals surface area (Å²) in [7, 11) is 0. The maximum Gasteiger partial charge on any atom is 0.407 e. The molecular formula is C17H23NO5. The molecule has 0 spiro atoms. The molecule has 0 aromatic heterocycles. The monoisotopic (exact) mass is 321 g/mol. The van der Waals surface area contributed by atoms with E-state index < -0.39 is 11.7 Å². The highest BCUT2D eigenvalue weighted by molar-refractivity contribution is 5.76. The maximum atomic E-state index is 11.6. The van der Waals surface area contributed by atoms with Crippen molar-refractivity contribution in [1.29, 1.82) is 0 Å². The molecule has 126 valence electrons. The van der Waals surface area contributed by atoms with Gasteiger partial charge in [-0.3, -0.25) is 4.79 Å². The molecule has 1 fully saturated rings. The number of nitrogens with one attached hydrogen (secondary N) is 1. The number of carbonyl (C=O) groups is 2. The zero-order valence-corrected chi connectivity index (χ0v) is 13.7. The van der Waals surface area contributed by atoms with Crippen LogP contribution in [0.3, 0.4) is 0 Å². The summed E-state index contributed by atoms with van der Waals surface area (Å²) in [5.41, 5.74) is -0.0956. The van der Waals surface area contributed by atoms with Gasteiger partial charge in [-0.15, -0.1) is 0 Å². The predicted molar refractivity (Wildman–Crippen MR) is 84.9 cm³/mol. The van der Waals surface area contributed by atoms with Crippen LogP contribution in [0, 0.1) is 5.92 Å². The van der Waals surface area contributed by atoms with Gasteiger partial charge in [0.25, 0.3) is 0 Å². The lowest BCUT2D eigenvalue weighted by Crippen LogP contribution is -2.47. The Bertz CT molecular complexity index is 573. The van der Waals surface area contributed by atoms with Crippen LogP contribution >= 0.6 is 0 Å². The molecular weight excluding hydrogens is 298 g/mol. The summed E-state index contributed by atoms with van der Waals surface area (Å²) in [6, 6.07) is 4.64. The zero-order chi connectivity index (χ0) is 17.0. The molecule has 1 aliphatic carbocycles. The highest BCUT2D eigenvalue weighted by Gasteiger charge is 2.32. The first-order chi connectivity index (χ1) is 10.8. The van der Waals surface area contributed by atoms with Crippen LogP contribution in [0.25, 0.3) is 0 Å². The summed E-state index contributed by atoms with van der Waals surface area (Å²) < 4.78 is 10.8. The minimum Gasteiger partial charge on any atom is -0.504 e. The number of aldehydes is 1. The summed E-state index contributed by atoms with van der Waals surface area (Å²) in [6.45, 7) is 5.94. The Kier molecular flexibility index (Phi) is 5.13. The molecule has 0 bridgehead atoms. The molecule has 23 heavy (non-hydrogen) atoms. The van der Waals surface area contributed by atoms with E-state index in [9.17, 15) is 14.7 Å². The molecule has 0 heterocycles. The Morgan fingerprint density at radius 2 is 2.09 bits per heavy atom. The van der Waals surface area contributed by atoms with Gasteiger partial charge in [-0.25, -0.2) is 4.79 Å². The van der Waals surface area contributed by atoms with E-state index in [4.69, 9.17) is 9.47 Å². The number of ether oxygens (including phenoxy) is 2. The second kappa shape index (κ2) is 6.89. The Balaban J connectivity index is 1.70. The van der Waals surface area contributed by atoms with Gasteiger partial charge < -0.3 is 19.9 Å². The highest BCUT2D eigenvalue weighted by atomic mass is 16.6. The van der Waals surface area contributed by atoms with Crippen molar-refractivity contribution < 1.29 is 24.2 Å². The highest BCUT2D eigenvalue weighted by Crippen LogP contribution is 2.31. The van der Waals surface area contributed by atoms with Gasteiger partial charge in [0.15, 0.2) is 11.5 Å². The van der Waals surface area contributed by atoms with Gasteiger partial charge in [0.05, 0.1) is 6.61 Å². The quantitative estimate of drug-likeness (QED) is 0.815. The number of amides is 1. The normalized spacial score (nSPS) is 20.3. The van der Waals surface area contributed by atoms with Crippen molar-refractivity contribution in [2.75, 3.05) is 6.61 Å². The second-order valence-corrected chi connectivity index (χ2v) is 6.84. The van der Waals surface area contributed by atoms with E-state index >= 15 is 0 Å². The Morgan fingerprint density at radius 1 is 1.39 bits per heavy atom. The van der Waals surface area contributed by atoms with Crippen LogP contribution in [-0.4, -0.2) is 35.7 Å². The Hall–Kier alpha value is -2.24. The number of hydrogen-bond acceptors (Lipinski definition) is 5. The number of alkyl carbamates (subject to hydrolysis) is 1. The fourth-order valence-corrected chi connectivity index (χ4v) is 2.40. The standard InChI is InChI=1S/C17H23NO5/c1-17(2,3)23-16(21)18-13-6-12(7-13)10-22-15-5-4-11(9-19)8-14(15)20/h4-5,8-9,12-13,20H,6-7,10H2,1-3H3,(H,18,21). The maximum absolute atomic E-state index is 11.6. The van der Waals surface area contributed by atoms with Crippen LogP contribution in [0.1, 0.15) is 44.0 Å². The van der Waals surface area contributed by atoms with Gasteiger partial charge in [-0.05, 0) is 57.7 Å². The van der Waals surface area contributed by atoms with Crippen LogP contribution < -0.4 is 10.1 Å². The number of aromatic hydroxyl groups is 1. The molecule has 1 aromatic carbocycles. The van der Waals surface area contributed by atoms with Crippen LogP contribution in [0.15, 0.2) is 18.2 Å². The third kappa shape index (κ3) is 5.16. The smallest absolute Gasteiger partial charge is 0.407 e. The van der Waals surface area contributed by atoms with Gasteiger partial charge in [0, 0.05) is 11.6 Å². The van der Waals surface area contributed by atoms with E-state index in [-0.39, 0.29) is 11.8 Å². The van der Waals surface area contributed by atoms with Crippen LogP contribution in [0.2, 0.25) is 0 Å². The molecule has 2 rings (SSSR count). The van der Waals surface area contributed by atoms with Gasteiger partial charge in [-0.1, -0.05) is 0 Å². The molecule has 2 N–H and O–H groups in total. The molecule has 0 radical (unpaired) electrons. The van der Waals surface area contributed by atoms with E-state index in [1.165, 1.54) is 6.07 Å². The number of phenols is 1. The topological polar surface area (TPSA) is 84.9 Å². The lowest BCUT2D eigenvalue weighted by atomic mass is 9.81. The fourth-order valence-electron chi connectivity index (χ4n) is 2.40. The molecule has 6 nitrogen and oxygen atoms in total. The third-order valence-corrected chi connectivity index (χ3v) is 3.55. The van der Waals surface area contributed by atoms with Crippen molar-refractivity contribution in [3.8, 4) is 11.5 Å². The van der Waals surface area contributed by atoms with Gasteiger partial charge in [0.1, 0.15) is 11.9 Å². The lowest BCUT2D eigenvalue weighted by Gasteiger charge is -2.35. The van der Waals surface area contributed by atoms with Gasteiger partial charge in [-0.2, -0.15) is 0 Å². The Morgan fingerprint density at radius 3 is 2.65 bits per heavy atom. The number of phenolic OH excluding ortho intramolecular Hbond substituents is 1. The number of benzene rings is 1. The minimum atomic E-state index is -0.498. The first-order valence-corrected chi connectivity index (χ1v) is 7.67. The van der Waals surface area contributed by atoms with E-state index in [2.05, 4.69) is 5.32 Å². The number of carbonyl (C=O) groups excluding carboxylic acids is 2. The van der Waals surface area contributed by atoms with Crippen LogP contribution in [0.5, 0.6) is 11.5 Å². The molecule has 1 aliphatic rings. The molecule has 1 saturated carbocycles. The van der Waals surface area contributed by atoms with Gasteiger partial charge >= 0.3 is 6.09 Å². The average molecular weight is 321 g/mol. The molecule has 0 saturated heterocycles. The van der Waals surface area contributed by atoms with Crippen molar-refractivity contribution in [2.45, 2.75) is 45.3 Å². The summed E-state index contributed by atoms with van der Waals surface area (Å²) in [4.78, 5) is 22.2. The largest absolute Gasteiger partial charge is 0.504 e. The average Bonchev–Trinajstić information content (AvgIpc) is 2.40. The predicted octanol–water partition coefficient (Wildman–Crippen LogP) is 2.89. The molecule has 6 heteroatoms. The van der Waals surface area contributed by atoms with Crippen molar-refractivity contribution in [2.24, 2.45) is 5.92 Å². The van der Waals surface area contributed by atoms with Crippen molar-refractivity contribution >= 4 is 12.4 Å². The molecule has 1 amide bonds. The summed E-state index contributed by atoms with van der Waals surface area (Å²) in [6.07, 6.45) is 1.89. The summed E-state index contributed by atoms with van der Waals surface area (Å²) in [5.74, 6) is 0.636. The van der Waals surface area contributed by atoms with E-state index in [0.717, 1.165) is 12.8 Å². The molecule has 0 atom stereocenters. The lowest BCUT2D eigenvalue weighted by molar-refractivity contribution is 0.0427. The minimum absolute atomic E-state index is 0.0441.